The fourth-order valence-corrected chi connectivity index (χ4v) is 5.22. The topological polar surface area (TPSA) is 47.0 Å². The molecule has 0 aromatic carbocycles. The molecular formula is C15H18N2O2S2. The molecule has 21 heavy (non-hydrogen) atoms. The summed E-state index contributed by atoms with van der Waals surface area (Å²) in [5.41, 5.74) is 1.37. The molecule has 0 unspecified atom stereocenters. The molecular weight excluding hydrogens is 304 g/mol. The van der Waals surface area contributed by atoms with Crippen molar-refractivity contribution >= 4 is 33.8 Å². The Labute approximate surface area is 131 Å². The summed E-state index contributed by atoms with van der Waals surface area (Å²) in [4.78, 5) is 18.5. The molecule has 0 amide bonds. The zero-order chi connectivity index (χ0) is 14.6. The van der Waals surface area contributed by atoms with E-state index >= 15 is 0 Å². The van der Waals surface area contributed by atoms with E-state index < -0.39 is 0 Å². The van der Waals surface area contributed by atoms with Crippen molar-refractivity contribution in [2.75, 3.05) is 6.61 Å². The predicted octanol–water partition coefficient (Wildman–Crippen LogP) is 3.35. The Kier molecular flexibility index (Phi) is 3.28. The highest BCUT2D eigenvalue weighted by molar-refractivity contribution is 7.71. The zero-order valence-electron chi connectivity index (χ0n) is 12.0. The van der Waals surface area contributed by atoms with Crippen LogP contribution in [0.2, 0.25) is 0 Å². The third-order valence-corrected chi connectivity index (χ3v) is 6.14. The second kappa shape index (κ2) is 5.04. The molecule has 1 saturated carbocycles. The molecule has 1 N–H and O–H groups in total. The molecule has 0 bridgehead atoms. The molecule has 2 aromatic heterocycles. The van der Waals surface area contributed by atoms with Crippen LogP contribution in [0.4, 0.5) is 0 Å². The minimum absolute atomic E-state index is 0.105. The highest BCUT2D eigenvalue weighted by atomic mass is 32.1. The summed E-state index contributed by atoms with van der Waals surface area (Å²) in [5, 5.41) is 0.890. The molecule has 2 aliphatic carbocycles. The number of hydrogen-bond acceptors (Lipinski definition) is 4. The van der Waals surface area contributed by atoms with Gasteiger partial charge in [-0.15, -0.1) is 11.3 Å². The molecule has 2 aromatic rings. The molecule has 1 fully saturated rings. The number of fused-ring (bicyclic) bond motifs is 3. The number of thiophene rings is 1. The molecule has 0 radical (unpaired) electrons. The second-order valence-electron chi connectivity index (χ2n) is 5.87. The van der Waals surface area contributed by atoms with Gasteiger partial charge in [-0.05, 0) is 56.8 Å². The number of ether oxygens (including phenoxy) is 1. The first-order valence-electron chi connectivity index (χ1n) is 7.59. The van der Waals surface area contributed by atoms with Gasteiger partial charge in [-0.2, -0.15) is 0 Å². The first-order valence-corrected chi connectivity index (χ1v) is 8.82. The van der Waals surface area contributed by atoms with Crippen LogP contribution in [0.1, 0.15) is 42.7 Å². The van der Waals surface area contributed by atoms with E-state index in [2.05, 4.69) is 4.98 Å². The maximum atomic E-state index is 12.9. The van der Waals surface area contributed by atoms with Crippen LogP contribution in [0.5, 0.6) is 0 Å². The van der Waals surface area contributed by atoms with E-state index in [0.29, 0.717) is 4.77 Å². The lowest BCUT2D eigenvalue weighted by Crippen LogP contribution is -2.39. The number of aryl methyl sites for hydroxylation is 2. The Bertz CT molecular complexity index is 811. The third kappa shape index (κ3) is 2.04. The quantitative estimate of drug-likeness (QED) is 0.882. The van der Waals surface area contributed by atoms with Crippen molar-refractivity contribution in [2.24, 2.45) is 0 Å². The molecule has 0 aliphatic heterocycles. The monoisotopic (exact) mass is 322 g/mol. The van der Waals surface area contributed by atoms with Crippen LogP contribution in [0.25, 0.3) is 10.2 Å². The molecule has 0 atom stereocenters. The molecule has 112 valence electrons. The van der Waals surface area contributed by atoms with Gasteiger partial charge in [0.05, 0.1) is 11.5 Å². The standard InChI is InChI=1S/C15H18N2O2S2/c1-2-19-9-6-8(7-9)17-14(18)12-10-4-3-5-11(10)21-13(12)16-15(17)20/h8-9H,2-7H2,1H3,(H,16,20). The molecule has 6 heteroatoms. The molecule has 0 spiro atoms. The molecule has 0 saturated heterocycles. The average molecular weight is 322 g/mol. The normalized spacial score (nSPS) is 24.2. The van der Waals surface area contributed by atoms with E-state index in [1.807, 2.05) is 6.92 Å². The maximum absolute atomic E-state index is 12.9. The van der Waals surface area contributed by atoms with Crippen LogP contribution in [0, 0.1) is 4.77 Å². The molecule has 2 aliphatic rings. The Morgan fingerprint density at radius 2 is 2.24 bits per heavy atom. The average Bonchev–Trinajstić information content (AvgIpc) is 2.95. The Morgan fingerprint density at radius 1 is 1.43 bits per heavy atom. The Hall–Kier alpha value is -0.980. The number of aromatic nitrogens is 2. The van der Waals surface area contributed by atoms with Crippen molar-refractivity contribution in [2.45, 2.75) is 51.2 Å². The van der Waals surface area contributed by atoms with Crippen molar-refractivity contribution in [1.82, 2.24) is 9.55 Å². The van der Waals surface area contributed by atoms with Gasteiger partial charge in [0.25, 0.3) is 5.56 Å². The first-order chi connectivity index (χ1) is 10.2. The first kappa shape index (κ1) is 13.7. The molecule has 2 heterocycles. The maximum Gasteiger partial charge on any atom is 0.263 e. The Balaban J connectivity index is 1.80. The Morgan fingerprint density at radius 3 is 3.00 bits per heavy atom. The summed E-state index contributed by atoms with van der Waals surface area (Å²) < 4.78 is 7.95. The summed E-state index contributed by atoms with van der Waals surface area (Å²) >= 11 is 7.14. The fraction of sp³-hybridized carbons (Fsp3) is 0.600. The van der Waals surface area contributed by atoms with Crippen molar-refractivity contribution in [3.8, 4) is 0 Å². The minimum Gasteiger partial charge on any atom is -0.378 e. The predicted molar refractivity (Wildman–Crippen MR) is 87.0 cm³/mol. The number of H-pyrrole nitrogens is 1. The van der Waals surface area contributed by atoms with Crippen LogP contribution in [0.3, 0.4) is 0 Å². The van der Waals surface area contributed by atoms with Gasteiger partial charge in [0.2, 0.25) is 0 Å². The smallest absolute Gasteiger partial charge is 0.263 e. The largest absolute Gasteiger partial charge is 0.378 e. The summed E-state index contributed by atoms with van der Waals surface area (Å²) in [7, 11) is 0. The zero-order valence-corrected chi connectivity index (χ0v) is 13.6. The number of nitrogens with zero attached hydrogens (tertiary/aromatic N) is 1. The van der Waals surface area contributed by atoms with Crippen LogP contribution in [0.15, 0.2) is 4.79 Å². The summed E-state index contributed by atoms with van der Waals surface area (Å²) in [6, 6.07) is 0.194. The van der Waals surface area contributed by atoms with Gasteiger partial charge >= 0.3 is 0 Å². The van der Waals surface area contributed by atoms with Crippen molar-refractivity contribution in [3.63, 3.8) is 0 Å². The fourth-order valence-electron chi connectivity index (χ4n) is 3.54. The molecule has 4 rings (SSSR count). The lowest BCUT2D eigenvalue weighted by molar-refractivity contribution is -0.0209. The van der Waals surface area contributed by atoms with Crippen LogP contribution in [-0.2, 0) is 17.6 Å². The van der Waals surface area contributed by atoms with Crippen LogP contribution >= 0.6 is 23.6 Å². The number of hydrogen-bond donors (Lipinski definition) is 1. The minimum atomic E-state index is 0.105. The van der Waals surface area contributed by atoms with Crippen molar-refractivity contribution < 1.29 is 4.74 Å². The van der Waals surface area contributed by atoms with E-state index in [1.165, 1.54) is 16.9 Å². The van der Waals surface area contributed by atoms with Gasteiger partial charge in [0.1, 0.15) is 4.83 Å². The highest BCUT2D eigenvalue weighted by Gasteiger charge is 2.33. The van der Waals surface area contributed by atoms with E-state index in [1.54, 1.807) is 15.9 Å². The SMILES string of the molecule is CCOC1CC(n2c(=S)[nH]c3sc4c(c3c2=O)CCC4)C1. The van der Waals surface area contributed by atoms with Gasteiger partial charge in [0.15, 0.2) is 4.77 Å². The lowest BCUT2D eigenvalue weighted by Gasteiger charge is -2.35. The molecule has 4 nitrogen and oxygen atoms in total. The van der Waals surface area contributed by atoms with E-state index in [4.69, 9.17) is 17.0 Å². The highest BCUT2D eigenvalue weighted by Crippen LogP contribution is 2.37. The number of nitrogens with one attached hydrogen (secondary N) is 1. The summed E-state index contributed by atoms with van der Waals surface area (Å²) in [6.45, 7) is 2.74. The summed E-state index contributed by atoms with van der Waals surface area (Å²) in [6.07, 6.45) is 5.37. The number of aromatic amines is 1. The third-order valence-electron chi connectivity index (χ3n) is 4.63. The van der Waals surface area contributed by atoms with Gasteiger partial charge in [0, 0.05) is 17.5 Å². The van der Waals surface area contributed by atoms with Crippen LogP contribution < -0.4 is 5.56 Å². The second-order valence-corrected chi connectivity index (χ2v) is 7.36. The van der Waals surface area contributed by atoms with Gasteiger partial charge in [-0.3, -0.25) is 9.36 Å². The van der Waals surface area contributed by atoms with Crippen molar-refractivity contribution in [3.05, 3.63) is 25.6 Å². The number of rotatable bonds is 3. The lowest BCUT2D eigenvalue weighted by atomic mass is 9.89. The van der Waals surface area contributed by atoms with Gasteiger partial charge in [-0.1, -0.05) is 0 Å². The van der Waals surface area contributed by atoms with E-state index in [0.717, 1.165) is 42.5 Å². The van der Waals surface area contributed by atoms with E-state index in [9.17, 15) is 4.79 Å². The van der Waals surface area contributed by atoms with Crippen molar-refractivity contribution in [1.29, 1.82) is 0 Å². The van der Waals surface area contributed by atoms with Gasteiger partial charge in [-0.25, -0.2) is 0 Å². The van der Waals surface area contributed by atoms with Gasteiger partial charge < -0.3 is 9.72 Å². The summed E-state index contributed by atoms with van der Waals surface area (Å²) in [5.74, 6) is 0. The van der Waals surface area contributed by atoms with Crippen LogP contribution in [-0.4, -0.2) is 22.3 Å². The van der Waals surface area contributed by atoms with E-state index in [-0.39, 0.29) is 17.7 Å².